The van der Waals surface area contributed by atoms with Gasteiger partial charge in [-0.05, 0) is 37.4 Å². The Morgan fingerprint density at radius 1 is 1.35 bits per heavy atom. The van der Waals surface area contributed by atoms with Gasteiger partial charge in [0.1, 0.15) is 5.02 Å². The predicted molar refractivity (Wildman–Crippen MR) is 77.9 cm³/mol. The molecule has 3 rings (SSSR count). The maximum Gasteiger partial charge on any atom is 0.287 e. The summed E-state index contributed by atoms with van der Waals surface area (Å²) in [7, 11) is 0. The second kappa shape index (κ2) is 5.68. The molecule has 6 heteroatoms. The number of nitrogens with one attached hydrogen (secondary N) is 1. The van der Waals surface area contributed by atoms with Crippen molar-refractivity contribution in [2.75, 3.05) is 13.1 Å². The van der Waals surface area contributed by atoms with E-state index in [1.807, 2.05) is 6.07 Å². The summed E-state index contributed by atoms with van der Waals surface area (Å²) in [6, 6.07) is 6.32. The fourth-order valence-corrected chi connectivity index (χ4v) is 3.16. The molecule has 1 saturated heterocycles. The van der Waals surface area contributed by atoms with E-state index in [1.165, 1.54) is 25.3 Å². The van der Waals surface area contributed by atoms with Gasteiger partial charge in [-0.1, -0.05) is 17.7 Å². The third-order valence-electron chi connectivity index (χ3n) is 4.09. The lowest BCUT2D eigenvalue weighted by atomic mass is 10.1. The van der Waals surface area contributed by atoms with Crippen molar-refractivity contribution in [2.45, 2.75) is 37.9 Å². The quantitative estimate of drug-likeness (QED) is 0.670. The number of nitro benzene ring substituents is 1. The van der Waals surface area contributed by atoms with Gasteiger partial charge in [0, 0.05) is 31.2 Å². The van der Waals surface area contributed by atoms with Crippen LogP contribution in [0.4, 0.5) is 5.69 Å². The zero-order valence-electron chi connectivity index (χ0n) is 11.2. The van der Waals surface area contributed by atoms with Gasteiger partial charge in [-0.15, -0.1) is 0 Å². The van der Waals surface area contributed by atoms with Crippen LogP contribution in [-0.2, 0) is 6.54 Å². The van der Waals surface area contributed by atoms with Crippen LogP contribution in [0.25, 0.3) is 0 Å². The maximum atomic E-state index is 10.8. The molecule has 1 aromatic carbocycles. The minimum atomic E-state index is -0.439. The lowest BCUT2D eigenvalue weighted by Crippen LogP contribution is -2.38. The first kappa shape index (κ1) is 13.8. The molecule has 1 unspecified atom stereocenters. The molecule has 1 N–H and O–H groups in total. The van der Waals surface area contributed by atoms with Crippen molar-refractivity contribution in [3.8, 4) is 0 Å². The normalized spacial score (nSPS) is 22.4. The van der Waals surface area contributed by atoms with Crippen LogP contribution in [0.5, 0.6) is 0 Å². The van der Waals surface area contributed by atoms with E-state index in [-0.39, 0.29) is 10.7 Å². The average molecular weight is 296 g/mol. The monoisotopic (exact) mass is 295 g/mol. The van der Waals surface area contributed by atoms with E-state index in [9.17, 15) is 10.1 Å². The van der Waals surface area contributed by atoms with Crippen molar-refractivity contribution in [1.82, 2.24) is 10.2 Å². The third-order valence-corrected chi connectivity index (χ3v) is 4.40. The molecule has 1 aromatic rings. The van der Waals surface area contributed by atoms with Crippen LogP contribution < -0.4 is 5.32 Å². The number of hydrogen-bond donors (Lipinski definition) is 1. The van der Waals surface area contributed by atoms with Crippen LogP contribution in [0.3, 0.4) is 0 Å². The van der Waals surface area contributed by atoms with Crippen LogP contribution in [0.15, 0.2) is 18.2 Å². The molecule has 2 aliphatic rings. The lowest BCUT2D eigenvalue weighted by Gasteiger charge is -2.28. The van der Waals surface area contributed by atoms with Crippen LogP contribution in [0.1, 0.15) is 24.8 Å². The summed E-state index contributed by atoms with van der Waals surface area (Å²) < 4.78 is 0. The molecule has 0 radical (unpaired) electrons. The van der Waals surface area contributed by atoms with Gasteiger partial charge in [-0.2, -0.15) is 0 Å². The van der Waals surface area contributed by atoms with Gasteiger partial charge in [0.25, 0.3) is 5.69 Å². The van der Waals surface area contributed by atoms with E-state index in [2.05, 4.69) is 10.2 Å². The van der Waals surface area contributed by atoms with Crippen molar-refractivity contribution in [3.63, 3.8) is 0 Å². The largest absolute Gasteiger partial charge is 0.315 e. The van der Waals surface area contributed by atoms with Crippen LogP contribution in [0.2, 0.25) is 5.02 Å². The summed E-state index contributed by atoms with van der Waals surface area (Å²) in [6.45, 7) is 2.95. The summed E-state index contributed by atoms with van der Waals surface area (Å²) in [5.74, 6) is 0. The average Bonchev–Trinajstić information content (AvgIpc) is 3.10. The topological polar surface area (TPSA) is 58.4 Å². The number of benzene rings is 1. The Bertz CT molecular complexity index is 513. The number of rotatable bonds is 5. The molecule has 0 bridgehead atoms. The molecular weight excluding hydrogens is 278 g/mol. The first-order chi connectivity index (χ1) is 9.65. The minimum Gasteiger partial charge on any atom is -0.315 e. The summed E-state index contributed by atoms with van der Waals surface area (Å²) in [5.41, 5.74) is 1.04. The molecule has 0 spiro atoms. The number of nitrogens with zero attached hydrogens (tertiary/aromatic N) is 2. The van der Waals surface area contributed by atoms with Gasteiger partial charge in [-0.25, -0.2) is 0 Å². The molecule has 1 aliphatic heterocycles. The second-order valence-corrected chi connectivity index (χ2v) is 6.00. The van der Waals surface area contributed by atoms with E-state index < -0.39 is 4.92 Å². The molecule has 1 atom stereocenters. The van der Waals surface area contributed by atoms with Gasteiger partial charge in [0.2, 0.25) is 0 Å². The van der Waals surface area contributed by atoms with Crippen molar-refractivity contribution in [2.24, 2.45) is 0 Å². The van der Waals surface area contributed by atoms with Crippen LogP contribution >= 0.6 is 11.6 Å². The Labute approximate surface area is 123 Å². The fraction of sp³-hybridized carbons (Fsp3) is 0.571. The van der Waals surface area contributed by atoms with Gasteiger partial charge < -0.3 is 5.32 Å². The molecule has 0 amide bonds. The molecular formula is C14H18ClN3O2. The van der Waals surface area contributed by atoms with Crippen molar-refractivity contribution in [1.29, 1.82) is 0 Å². The summed E-state index contributed by atoms with van der Waals surface area (Å²) in [6.07, 6.45) is 3.70. The van der Waals surface area contributed by atoms with Crippen molar-refractivity contribution >= 4 is 17.3 Å². The Balaban J connectivity index is 1.75. The molecule has 2 fully saturated rings. The highest BCUT2D eigenvalue weighted by molar-refractivity contribution is 6.32. The molecule has 1 aliphatic carbocycles. The first-order valence-corrected chi connectivity index (χ1v) is 7.42. The Morgan fingerprint density at radius 2 is 2.15 bits per heavy atom. The van der Waals surface area contributed by atoms with Crippen LogP contribution in [0, 0.1) is 10.1 Å². The summed E-state index contributed by atoms with van der Waals surface area (Å²) >= 11 is 5.99. The molecule has 0 aromatic heterocycles. The highest BCUT2D eigenvalue weighted by atomic mass is 35.5. The fourth-order valence-electron chi connectivity index (χ4n) is 2.89. The van der Waals surface area contributed by atoms with E-state index in [0.717, 1.165) is 25.2 Å². The minimum absolute atomic E-state index is 0.0177. The molecule has 1 heterocycles. The molecule has 108 valence electrons. The van der Waals surface area contributed by atoms with Crippen LogP contribution in [-0.4, -0.2) is 35.0 Å². The Kier molecular flexibility index (Phi) is 3.92. The number of halogens is 1. The SMILES string of the molecule is O=[N+]([O-])c1ccc(CN(C2CC2)C2CCNC2)cc1Cl. The third kappa shape index (κ3) is 2.95. The van der Waals surface area contributed by atoms with E-state index in [4.69, 9.17) is 11.6 Å². The van der Waals surface area contributed by atoms with Gasteiger partial charge >= 0.3 is 0 Å². The van der Waals surface area contributed by atoms with Gasteiger partial charge in [0.15, 0.2) is 0 Å². The first-order valence-electron chi connectivity index (χ1n) is 7.04. The highest BCUT2D eigenvalue weighted by Gasteiger charge is 2.35. The zero-order valence-corrected chi connectivity index (χ0v) is 12.0. The second-order valence-electron chi connectivity index (χ2n) is 5.59. The van der Waals surface area contributed by atoms with E-state index >= 15 is 0 Å². The molecule has 20 heavy (non-hydrogen) atoms. The standard InChI is InChI=1S/C14H18ClN3O2/c15-13-7-10(1-4-14(13)18(19)20)9-17(11-2-3-11)12-5-6-16-8-12/h1,4,7,11-12,16H,2-3,5-6,8-9H2. The summed E-state index contributed by atoms with van der Waals surface area (Å²) in [4.78, 5) is 12.9. The predicted octanol–water partition coefficient (Wildman–Crippen LogP) is 2.57. The van der Waals surface area contributed by atoms with Crippen molar-refractivity contribution in [3.05, 3.63) is 38.9 Å². The number of hydrogen-bond acceptors (Lipinski definition) is 4. The Hall–Kier alpha value is -1.17. The van der Waals surface area contributed by atoms with Crippen molar-refractivity contribution < 1.29 is 4.92 Å². The van der Waals surface area contributed by atoms with Gasteiger partial charge in [0.05, 0.1) is 4.92 Å². The highest BCUT2D eigenvalue weighted by Crippen LogP contribution is 2.33. The molecule has 1 saturated carbocycles. The maximum absolute atomic E-state index is 10.8. The number of nitro groups is 1. The van der Waals surface area contributed by atoms with Gasteiger partial charge in [-0.3, -0.25) is 15.0 Å². The smallest absolute Gasteiger partial charge is 0.287 e. The summed E-state index contributed by atoms with van der Waals surface area (Å²) in [5, 5.41) is 14.4. The zero-order chi connectivity index (χ0) is 14.1. The Morgan fingerprint density at radius 3 is 2.70 bits per heavy atom. The lowest BCUT2D eigenvalue weighted by molar-refractivity contribution is -0.384. The molecule has 5 nitrogen and oxygen atoms in total. The van der Waals surface area contributed by atoms with E-state index in [1.54, 1.807) is 6.07 Å². The van der Waals surface area contributed by atoms with E-state index in [0.29, 0.717) is 12.1 Å².